The van der Waals surface area contributed by atoms with E-state index in [0.29, 0.717) is 17.1 Å². The number of benzene rings is 1. The number of rotatable bonds is 6. The minimum Gasteiger partial charge on any atom is -0.497 e. The van der Waals surface area contributed by atoms with Gasteiger partial charge in [-0.25, -0.2) is 8.42 Å². The van der Waals surface area contributed by atoms with Crippen LogP contribution in [0.2, 0.25) is 0 Å². The van der Waals surface area contributed by atoms with E-state index in [1.165, 1.54) is 25.5 Å². The lowest BCUT2D eigenvalue weighted by Gasteiger charge is -2.19. The van der Waals surface area contributed by atoms with Gasteiger partial charge in [0.1, 0.15) is 16.5 Å². The number of ether oxygens (including phenoxy) is 1. The standard InChI is InChI=1S/C23H26N2O5S/c1-15-16(2)25(17-7-4-5-8-17)22(24-23(26)20-9-6-14-30-20)21(15)31(27,28)19-12-10-18(29-3)11-13-19/h6,9-14,17H,4-5,7-8H2,1-3H3,(H,24,26). The van der Waals surface area contributed by atoms with Crippen molar-refractivity contribution in [1.82, 2.24) is 4.57 Å². The van der Waals surface area contributed by atoms with Gasteiger partial charge in [0.2, 0.25) is 9.84 Å². The molecule has 1 aliphatic carbocycles. The Morgan fingerprint density at radius 1 is 1.13 bits per heavy atom. The molecule has 3 aromatic rings. The van der Waals surface area contributed by atoms with Gasteiger partial charge in [-0.1, -0.05) is 12.8 Å². The predicted octanol–water partition coefficient (Wildman–Crippen LogP) is 4.91. The second kappa shape index (κ2) is 8.26. The number of carbonyl (C=O) groups is 1. The zero-order chi connectivity index (χ0) is 22.2. The molecule has 1 amide bonds. The third kappa shape index (κ3) is 3.76. The van der Waals surface area contributed by atoms with Crippen molar-refractivity contribution in [2.45, 2.75) is 55.4 Å². The highest BCUT2D eigenvalue weighted by molar-refractivity contribution is 7.91. The van der Waals surface area contributed by atoms with E-state index in [4.69, 9.17) is 9.15 Å². The van der Waals surface area contributed by atoms with Gasteiger partial charge in [0.25, 0.3) is 5.91 Å². The van der Waals surface area contributed by atoms with Crippen molar-refractivity contribution < 1.29 is 22.4 Å². The number of methoxy groups -OCH3 is 1. The molecule has 1 aromatic carbocycles. The Labute approximate surface area is 181 Å². The smallest absolute Gasteiger partial charge is 0.292 e. The van der Waals surface area contributed by atoms with Gasteiger partial charge in [-0.2, -0.15) is 0 Å². The zero-order valence-electron chi connectivity index (χ0n) is 17.8. The first kappa shape index (κ1) is 21.2. The molecule has 0 unspecified atom stereocenters. The summed E-state index contributed by atoms with van der Waals surface area (Å²) in [6.45, 7) is 3.70. The summed E-state index contributed by atoms with van der Waals surface area (Å²) in [5.41, 5.74) is 1.48. The summed E-state index contributed by atoms with van der Waals surface area (Å²) in [5, 5.41) is 2.84. The third-order valence-electron chi connectivity index (χ3n) is 6.01. The summed E-state index contributed by atoms with van der Waals surface area (Å²) in [7, 11) is -2.36. The molecule has 0 bridgehead atoms. The number of amides is 1. The van der Waals surface area contributed by atoms with Crippen LogP contribution in [0.1, 0.15) is 53.5 Å². The van der Waals surface area contributed by atoms with Crippen LogP contribution in [0.25, 0.3) is 0 Å². The lowest BCUT2D eigenvalue weighted by molar-refractivity contribution is 0.0995. The van der Waals surface area contributed by atoms with Crippen LogP contribution in [-0.2, 0) is 9.84 Å². The third-order valence-corrected chi connectivity index (χ3v) is 7.94. The molecule has 8 heteroatoms. The number of carbonyl (C=O) groups excluding carboxylic acids is 1. The van der Waals surface area contributed by atoms with Crippen LogP contribution >= 0.6 is 0 Å². The van der Waals surface area contributed by atoms with E-state index in [0.717, 1.165) is 31.4 Å². The maximum Gasteiger partial charge on any atom is 0.292 e. The van der Waals surface area contributed by atoms with Crippen molar-refractivity contribution in [3.05, 3.63) is 59.7 Å². The summed E-state index contributed by atoms with van der Waals surface area (Å²) in [4.78, 5) is 13.1. The molecule has 31 heavy (non-hydrogen) atoms. The number of nitrogens with zero attached hydrogens (tertiary/aromatic N) is 1. The molecule has 164 valence electrons. The van der Waals surface area contributed by atoms with E-state index in [1.807, 2.05) is 11.5 Å². The van der Waals surface area contributed by atoms with Crippen LogP contribution in [0.15, 0.2) is 56.9 Å². The fraction of sp³-hybridized carbons (Fsp3) is 0.348. The lowest BCUT2D eigenvalue weighted by Crippen LogP contribution is -2.19. The Morgan fingerprint density at radius 2 is 1.81 bits per heavy atom. The van der Waals surface area contributed by atoms with E-state index in [2.05, 4.69) is 5.32 Å². The van der Waals surface area contributed by atoms with Gasteiger partial charge in [0.05, 0.1) is 18.3 Å². The molecule has 1 aliphatic rings. The highest BCUT2D eigenvalue weighted by atomic mass is 32.2. The number of sulfone groups is 1. The molecule has 7 nitrogen and oxygen atoms in total. The molecule has 4 rings (SSSR count). The Bertz CT molecular complexity index is 1190. The molecule has 0 saturated heterocycles. The average Bonchev–Trinajstić information content (AvgIpc) is 3.51. The van der Waals surface area contributed by atoms with Gasteiger partial charge in [-0.15, -0.1) is 0 Å². The summed E-state index contributed by atoms with van der Waals surface area (Å²) < 4.78 is 39.7. The Kier molecular flexibility index (Phi) is 5.66. The van der Waals surface area contributed by atoms with Crippen molar-refractivity contribution >= 4 is 21.6 Å². The van der Waals surface area contributed by atoms with Crippen LogP contribution in [0.3, 0.4) is 0 Å². The number of hydrogen-bond donors (Lipinski definition) is 1. The van der Waals surface area contributed by atoms with Gasteiger partial charge in [-0.05, 0) is 68.7 Å². The molecular formula is C23H26N2O5S. The molecule has 2 heterocycles. The Morgan fingerprint density at radius 3 is 2.39 bits per heavy atom. The number of hydrogen-bond acceptors (Lipinski definition) is 5. The maximum atomic E-state index is 13.7. The fourth-order valence-corrected chi connectivity index (χ4v) is 6.00. The van der Waals surface area contributed by atoms with Gasteiger partial charge in [0.15, 0.2) is 5.76 Å². The topological polar surface area (TPSA) is 90.5 Å². The van der Waals surface area contributed by atoms with Crippen LogP contribution in [0, 0.1) is 13.8 Å². The molecule has 1 saturated carbocycles. The fourth-order valence-electron chi connectivity index (χ4n) is 4.31. The second-order valence-electron chi connectivity index (χ2n) is 7.81. The molecule has 0 radical (unpaired) electrons. The van der Waals surface area contributed by atoms with E-state index >= 15 is 0 Å². The van der Waals surface area contributed by atoms with Crippen LogP contribution in [0.4, 0.5) is 5.82 Å². The number of anilines is 1. The van der Waals surface area contributed by atoms with Crippen LogP contribution < -0.4 is 10.1 Å². The SMILES string of the molecule is COc1ccc(S(=O)(=O)c2c(C)c(C)n(C3CCCC3)c2NC(=O)c2ccco2)cc1. The molecular weight excluding hydrogens is 416 g/mol. The normalized spacial score (nSPS) is 14.7. The predicted molar refractivity (Wildman–Crippen MR) is 117 cm³/mol. The van der Waals surface area contributed by atoms with Crippen molar-refractivity contribution in [1.29, 1.82) is 0 Å². The Hall–Kier alpha value is -3.00. The van der Waals surface area contributed by atoms with Gasteiger partial charge < -0.3 is 19.0 Å². The highest BCUT2D eigenvalue weighted by Gasteiger charge is 2.34. The quantitative estimate of drug-likeness (QED) is 0.586. The van der Waals surface area contributed by atoms with Crippen molar-refractivity contribution in [3.63, 3.8) is 0 Å². The van der Waals surface area contributed by atoms with Crippen LogP contribution in [-0.4, -0.2) is 26.0 Å². The minimum atomic E-state index is -3.89. The summed E-state index contributed by atoms with van der Waals surface area (Å²) in [5.74, 6) is 0.524. The first-order chi connectivity index (χ1) is 14.8. The lowest BCUT2D eigenvalue weighted by atomic mass is 10.2. The number of nitrogens with one attached hydrogen (secondary N) is 1. The first-order valence-electron chi connectivity index (χ1n) is 10.3. The summed E-state index contributed by atoms with van der Waals surface area (Å²) in [6.07, 6.45) is 5.46. The number of furan rings is 1. The van der Waals surface area contributed by atoms with Gasteiger partial charge >= 0.3 is 0 Å². The second-order valence-corrected chi connectivity index (χ2v) is 9.69. The highest BCUT2D eigenvalue weighted by Crippen LogP contribution is 2.41. The van der Waals surface area contributed by atoms with E-state index < -0.39 is 15.7 Å². The Balaban J connectivity index is 1.87. The molecule has 0 spiro atoms. The minimum absolute atomic E-state index is 0.127. The van der Waals surface area contributed by atoms with Gasteiger partial charge in [-0.3, -0.25) is 4.79 Å². The first-order valence-corrected chi connectivity index (χ1v) is 11.8. The monoisotopic (exact) mass is 442 g/mol. The zero-order valence-corrected chi connectivity index (χ0v) is 18.7. The van der Waals surface area contributed by atoms with E-state index in [9.17, 15) is 13.2 Å². The molecule has 1 fully saturated rings. The summed E-state index contributed by atoms with van der Waals surface area (Å²) in [6, 6.07) is 9.59. The van der Waals surface area contributed by atoms with Crippen molar-refractivity contribution in [2.24, 2.45) is 0 Å². The molecule has 0 aliphatic heterocycles. The van der Waals surface area contributed by atoms with Gasteiger partial charge in [0, 0.05) is 11.7 Å². The van der Waals surface area contributed by atoms with E-state index in [-0.39, 0.29) is 21.6 Å². The molecule has 2 aromatic heterocycles. The molecule has 1 N–H and O–H groups in total. The average molecular weight is 443 g/mol. The van der Waals surface area contributed by atoms with Crippen molar-refractivity contribution in [2.75, 3.05) is 12.4 Å². The van der Waals surface area contributed by atoms with Crippen LogP contribution in [0.5, 0.6) is 5.75 Å². The largest absolute Gasteiger partial charge is 0.497 e. The van der Waals surface area contributed by atoms with Crippen molar-refractivity contribution in [3.8, 4) is 5.75 Å². The molecule has 0 atom stereocenters. The number of aromatic nitrogens is 1. The maximum absolute atomic E-state index is 13.7. The summed E-state index contributed by atoms with van der Waals surface area (Å²) >= 11 is 0. The van der Waals surface area contributed by atoms with E-state index in [1.54, 1.807) is 31.2 Å².